The zero-order valence-corrected chi connectivity index (χ0v) is 14.3. The molecular formula is C20H18N2O3. The molecule has 25 heavy (non-hydrogen) atoms. The van der Waals surface area contributed by atoms with E-state index in [-0.39, 0.29) is 12.2 Å². The Kier molecular flexibility index (Phi) is 4.44. The summed E-state index contributed by atoms with van der Waals surface area (Å²) in [5, 5.41) is 0.516. The number of ether oxygens (including phenoxy) is 1. The van der Waals surface area contributed by atoms with Crippen LogP contribution >= 0.6 is 0 Å². The fraction of sp³-hybridized carbons (Fsp3) is 0.200. The Morgan fingerprint density at radius 1 is 1.24 bits per heavy atom. The Morgan fingerprint density at radius 3 is 2.64 bits per heavy atom. The Labute approximate surface area is 145 Å². The Bertz CT molecular complexity index is 1060. The van der Waals surface area contributed by atoms with E-state index >= 15 is 0 Å². The lowest BCUT2D eigenvalue weighted by molar-refractivity contribution is 0.0528. The molecule has 0 atom stereocenters. The summed E-state index contributed by atoms with van der Waals surface area (Å²) < 4.78 is 6.61. The van der Waals surface area contributed by atoms with Gasteiger partial charge >= 0.3 is 5.97 Å². The van der Waals surface area contributed by atoms with Crippen molar-refractivity contribution in [2.24, 2.45) is 7.05 Å². The van der Waals surface area contributed by atoms with Crippen LogP contribution in [0.1, 0.15) is 34.1 Å². The first-order valence-electron chi connectivity index (χ1n) is 7.99. The van der Waals surface area contributed by atoms with Gasteiger partial charge in [-0.15, -0.1) is 0 Å². The normalized spacial score (nSPS) is 10.4. The van der Waals surface area contributed by atoms with E-state index in [4.69, 9.17) is 4.74 Å². The van der Waals surface area contributed by atoms with Crippen LogP contribution in [0.2, 0.25) is 0 Å². The largest absolute Gasteiger partial charge is 0.462 e. The lowest BCUT2D eigenvalue weighted by atomic mass is 10.1. The van der Waals surface area contributed by atoms with Gasteiger partial charge in [0.25, 0.3) is 5.56 Å². The number of carbonyl (C=O) groups excluding carboxylic acids is 1. The maximum atomic E-state index is 12.4. The lowest BCUT2D eigenvalue weighted by Gasteiger charge is -2.04. The van der Waals surface area contributed by atoms with E-state index in [9.17, 15) is 9.59 Å². The van der Waals surface area contributed by atoms with E-state index in [0.717, 1.165) is 5.56 Å². The molecule has 0 amide bonds. The third-order valence-corrected chi connectivity index (χ3v) is 3.91. The second-order valence-electron chi connectivity index (χ2n) is 5.67. The van der Waals surface area contributed by atoms with Gasteiger partial charge in [-0.1, -0.05) is 30.0 Å². The van der Waals surface area contributed by atoms with Crippen molar-refractivity contribution in [2.45, 2.75) is 13.8 Å². The number of pyridine rings is 1. The van der Waals surface area contributed by atoms with E-state index in [1.807, 2.05) is 30.3 Å². The quantitative estimate of drug-likeness (QED) is 0.579. The van der Waals surface area contributed by atoms with Gasteiger partial charge in [0.15, 0.2) is 0 Å². The van der Waals surface area contributed by atoms with Crippen LogP contribution in [0.5, 0.6) is 0 Å². The van der Waals surface area contributed by atoms with Gasteiger partial charge in [0.1, 0.15) is 5.52 Å². The Morgan fingerprint density at radius 2 is 1.96 bits per heavy atom. The number of nitrogens with one attached hydrogen (secondary N) is 1. The average molecular weight is 334 g/mol. The number of esters is 1. The van der Waals surface area contributed by atoms with Gasteiger partial charge < -0.3 is 14.3 Å². The van der Waals surface area contributed by atoms with Gasteiger partial charge in [-0.3, -0.25) is 4.79 Å². The standard InChI is InChI=1S/C20H18N2O3/c1-4-25-20(24)16-13(2)21-18-17(16)15(12-22(3)19(18)23)11-10-14-8-6-5-7-9-14/h5-9,12,21H,4H2,1-3H3. The summed E-state index contributed by atoms with van der Waals surface area (Å²) in [4.78, 5) is 27.8. The second-order valence-corrected chi connectivity index (χ2v) is 5.67. The summed E-state index contributed by atoms with van der Waals surface area (Å²) in [6.45, 7) is 3.76. The maximum absolute atomic E-state index is 12.4. The lowest BCUT2D eigenvalue weighted by Crippen LogP contribution is -2.17. The van der Waals surface area contributed by atoms with Gasteiger partial charge in [0.2, 0.25) is 0 Å². The van der Waals surface area contributed by atoms with Crippen molar-refractivity contribution < 1.29 is 9.53 Å². The number of nitrogens with zero attached hydrogens (tertiary/aromatic N) is 1. The van der Waals surface area contributed by atoms with Crippen molar-refractivity contribution in [3.63, 3.8) is 0 Å². The molecule has 0 aliphatic rings. The summed E-state index contributed by atoms with van der Waals surface area (Å²) >= 11 is 0. The Balaban J connectivity index is 2.28. The molecule has 0 aliphatic carbocycles. The predicted octanol–water partition coefficient (Wildman–Crippen LogP) is 2.75. The van der Waals surface area contributed by atoms with Crippen LogP contribution in [0.3, 0.4) is 0 Å². The molecule has 0 fully saturated rings. The number of rotatable bonds is 2. The van der Waals surface area contributed by atoms with Crippen molar-refractivity contribution in [3.05, 3.63) is 69.3 Å². The second kappa shape index (κ2) is 6.70. The molecule has 5 nitrogen and oxygen atoms in total. The van der Waals surface area contributed by atoms with E-state index in [2.05, 4.69) is 16.8 Å². The minimum absolute atomic E-state index is 0.209. The van der Waals surface area contributed by atoms with Crippen molar-refractivity contribution in [1.29, 1.82) is 0 Å². The first kappa shape index (κ1) is 16.6. The molecule has 0 spiro atoms. The first-order valence-corrected chi connectivity index (χ1v) is 7.99. The van der Waals surface area contributed by atoms with Crippen molar-refractivity contribution in [3.8, 4) is 11.8 Å². The van der Waals surface area contributed by atoms with Crippen LogP contribution in [0.4, 0.5) is 0 Å². The highest BCUT2D eigenvalue weighted by Gasteiger charge is 2.21. The molecule has 3 aromatic rings. The summed E-state index contributed by atoms with van der Waals surface area (Å²) in [7, 11) is 1.66. The summed E-state index contributed by atoms with van der Waals surface area (Å²) in [6, 6.07) is 9.54. The van der Waals surface area contributed by atoms with Crippen LogP contribution in [-0.2, 0) is 11.8 Å². The number of hydrogen-bond acceptors (Lipinski definition) is 3. The minimum Gasteiger partial charge on any atom is -0.462 e. The third kappa shape index (κ3) is 3.07. The van der Waals surface area contributed by atoms with Crippen molar-refractivity contribution in [2.75, 3.05) is 6.61 Å². The summed E-state index contributed by atoms with van der Waals surface area (Å²) in [5.41, 5.74) is 2.58. The van der Waals surface area contributed by atoms with Gasteiger partial charge in [-0.05, 0) is 26.0 Å². The van der Waals surface area contributed by atoms with E-state index in [0.29, 0.717) is 27.7 Å². The molecule has 2 aromatic heterocycles. The fourth-order valence-electron chi connectivity index (χ4n) is 2.76. The molecule has 0 unspecified atom stereocenters. The fourth-order valence-corrected chi connectivity index (χ4v) is 2.76. The topological polar surface area (TPSA) is 64.1 Å². The monoisotopic (exact) mass is 334 g/mol. The highest BCUT2D eigenvalue weighted by molar-refractivity contribution is 6.07. The zero-order valence-electron chi connectivity index (χ0n) is 14.3. The van der Waals surface area contributed by atoms with Crippen molar-refractivity contribution >= 4 is 16.9 Å². The number of benzene rings is 1. The number of aromatic nitrogens is 2. The number of aromatic amines is 1. The van der Waals surface area contributed by atoms with Crippen LogP contribution in [0.25, 0.3) is 10.9 Å². The highest BCUT2D eigenvalue weighted by Crippen LogP contribution is 2.24. The summed E-state index contributed by atoms with van der Waals surface area (Å²) in [6.07, 6.45) is 1.65. The third-order valence-electron chi connectivity index (χ3n) is 3.91. The van der Waals surface area contributed by atoms with Crippen molar-refractivity contribution in [1.82, 2.24) is 9.55 Å². The van der Waals surface area contributed by atoms with Gasteiger partial charge in [-0.2, -0.15) is 0 Å². The first-order chi connectivity index (χ1) is 12.0. The molecule has 2 heterocycles. The van der Waals surface area contributed by atoms with Crippen LogP contribution in [0, 0.1) is 18.8 Å². The smallest absolute Gasteiger partial charge is 0.340 e. The van der Waals surface area contributed by atoms with Crippen LogP contribution in [-0.4, -0.2) is 22.1 Å². The van der Waals surface area contributed by atoms with Crippen LogP contribution in [0.15, 0.2) is 41.3 Å². The molecule has 0 aliphatic heterocycles. The predicted molar refractivity (Wildman–Crippen MR) is 96.7 cm³/mol. The van der Waals surface area contributed by atoms with Crippen LogP contribution < -0.4 is 5.56 Å². The molecular weight excluding hydrogens is 316 g/mol. The molecule has 5 heteroatoms. The average Bonchev–Trinajstić information content (AvgIpc) is 2.95. The molecule has 0 saturated heterocycles. The van der Waals surface area contributed by atoms with E-state index in [1.54, 1.807) is 27.1 Å². The molecule has 126 valence electrons. The minimum atomic E-state index is -0.456. The van der Waals surface area contributed by atoms with Gasteiger partial charge in [0, 0.05) is 29.9 Å². The molecule has 1 N–H and O–H groups in total. The number of H-pyrrole nitrogens is 1. The number of aryl methyl sites for hydroxylation is 2. The summed E-state index contributed by atoms with van der Waals surface area (Å²) in [5.74, 6) is 5.70. The van der Waals surface area contributed by atoms with Gasteiger partial charge in [0.05, 0.1) is 17.7 Å². The molecule has 0 saturated carbocycles. The molecule has 0 radical (unpaired) electrons. The molecule has 0 bridgehead atoms. The highest BCUT2D eigenvalue weighted by atomic mass is 16.5. The molecule has 3 rings (SSSR count). The molecule has 1 aromatic carbocycles. The van der Waals surface area contributed by atoms with E-state index in [1.165, 1.54) is 4.57 Å². The number of fused-ring (bicyclic) bond motifs is 1. The van der Waals surface area contributed by atoms with Gasteiger partial charge in [-0.25, -0.2) is 4.79 Å². The number of carbonyl (C=O) groups is 1. The number of hydrogen-bond donors (Lipinski definition) is 1. The zero-order chi connectivity index (χ0) is 18.0. The maximum Gasteiger partial charge on any atom is 0.340 e. The van der Waals surface area contributed by atoms with E-state index < -0.39 is 5.97 Å². The SMILES string of the molecule is CCOC(=O)c1c(C)[nH]c2c(=O)n(C)cc(C#Cc3ccccc3)c12. The Hall–Kier alpha value is -3.26.